The average Bonchev–Trinajstić information content (AvgIpc) is 2.60. The summed E-state index contributed by atoms with van der Waals surface area (Å²) in [6.07, 6.45) is 2.05. The highest BCUT2D eigenvalue weighted by atomic mass is 19.1. The lowest BCUT2D eigenvalue weighted by atomic mass is 9.96. The molecule has 1 aliphatic heterocycles. The summed E-state index contributed by atoms with van der Waals surface area (Å²) in [5.41, 5.74) is 0.706. The summed E-state index contributed by atoms with van der Waals surface area (Å²) in [6, 6.07) is 6.87. The van der Waals surface area contributed by atoms with Crippen molar-refractivity contribution in [2.75, 3.05) is 46.8 Å². The zero-order chi connectivity index (χ0) is 19.1. The van der Waals surface area contributed by atoms with Crippen LogP contribution < -0.4 is 0 Å². The standard InChI is InChI=1S/C20H30FN3O2/c1-16(25)20(26)24(12-11-22(2)3)14-17-7-6-10-23(13-17)15-18-8-4-5-9-19(18)21/h4-5,8-9,17H,6-7,10-15H2,1-3H3. The number of hydrogen-bond acceptors (Lipinski definition) is 4. The Morgan fingerprint density at radius 1 is 1.23 bits per heavy atom. The molecule has 1 unspecified atom stereocenters. The van der Waals surface area contributed by atoms with Crippen molar-refractivity contribution >= 4 is 11.7 Å². The van der Waals surface area contributed by atoms with Gasteiger partial charge >= 0.3 is 0 Å². The van der Waals surface area contributed by atoms with Crippen molar-refractivity contribution in [1.29, 1.82) is 0 Å². The van der Waals surface area contributed by atoms with Crippen molar-refractivity contribution in [2.45, 2.75) is 26.3 Å². The molecular formula is C20H30FN3O2. The van der Waals surface area contributed by atoms with Gasteiger partial charge in [-0.25, -0.2) is 4.39 Å². The van der Waals surface area contributed by atoms with E-state index in [4.69, 9.17) is 0 Å². The van der Waals surface area contributed by atoms with Crippen LogP contribution in [0.4, 0.5) is 4.39 Å². The van der Waals surface area contributed by atoms with Gasteiger partial charge < -0.3 is 9.80 Å². The Kier molecular flexibility index (Phi) is 7.72. The van der Waals surface area contributed by atoms with Crippen LogP contribution in [0.5, 0.6) is 0 Å². The van der Waals surface area contributed by atoms with E-state index in [9.17, 15) is 14.0 Å². The van der Waals surface area contributed by atoms with E-state index in [1.54, 1.807) is 11.0 Å². The highest BCUT2D eigenvalue weighted by Crippen LogP contribution is 2.20. The van der Waals surface area contributed by atoms with E-state index in [-0.39, 0.29) is 5.82 Å². The second-order valence-electron chi connectivity index (χ2n) is 7.45. The molecule has 1 atom stereocenters. The van der Waals surface area contributed by atoms with Gasteiger partial charge in [0, 0.05) is 45.2 Å². The number of likely N-dealkylation sites (tertiary alicyclic amines) is 1. The Balaban J connectivity index is 1.96. The monoisotopic (exact) mass is 363 g/mol. The number of rotatable bonds is 8. The average molecular weight is 363 g/mol. The number of nitrogens with zero attached hydrogens (tertiary/aromatic N) is 3. The van der Waals surface area contributed by atoms with Gasteiger partial charge in [0.25, 0.3) is 5.91 Å². The molecule has 6 heteroatoms. The number of amides is 1. The zero-order valence-corrected chi connectivity index (χ0v) is 16.1. The minimum Gasteiger partial charge on any atom is -0.335 e. The summed E-state index contributed by atoms with van der Waals surface area (Å²) < 4.78 is 13.9. The van der Waals surface area contributed by atoms with Crippen LogP contribution in [0.2, 0.25) is 0 Å². The first-order valence-electron chi connectivity index (χ1n) is 9.27. The Hall–Kier alpha value is -1.79. The predicted molar refractivity (Wildman–Crippen MR) is 100 cm³/mol. The van der Waals surface area contributed by atoms with Crippen molar-refractivity contribution in [3.05, 3.63) is 35.6 Å². The third kappa shape index (κ3) is 6.18. The van der Waals surface area contributed by atoms with E-state index in [1.165, 1.54) is 13.0 Å². The molecule has 0 spiro atoms. The molecule has 26 heavy (non-hydrogen) atoms. The van der Waals surface area contributed by atoms with Crippen LogP contribution in [0.15, 0.2) is 24.3 Å². The van der Waals surface area contributed by atoms with Gasteiger partial charge in [0.15, 0.2) is 0 Å². The van der Waals surface area contributed by atoms with Gasteiger partial charge in [0.1, 0.15) is 5.82 Å². The first-order chi connectivity index (χ1) is 12.4. The molecule has 0 aliphatic carbocycles. The molecular weight excluding hydrogens is 333 g/mol. The maximum absolute atomic E-state index is 13.9. The first kappa shape index (κ1) is 20.5. The smallest absolute Gasteiger partial charge is 0.289 e. The number of benzene rings is 1. The summed E-state index contributed by atoms with van der Waals surface area (Å²) in [5, 5.41) is 0. The fraction of sp³-hybridized carbons (Fsp3) is 0.600. The van der Waals surface area contributed by atoms with Crippen molar-refractivity contribution < 1.29 is 14.0 Å². The lowest BCUT2D eigenvalue weighted by Gasteiger charge is -2.36. The molecule has 0 N–H and O–H groups in total. The van der Waals surface area contributed by atoms with Gasteiger partial charge in [-0.15, -0.1) is 0 Å². The molecule has 1 saturated heterocycles. The Morgan fingerprint density at radius 3 is 2.62 bits per heavy atom. The molecule has 1 aromatic rings. The molecule has 1 heterocycles. The molecule has 1 aromatic carbocycles. The van der Waals surface area contributed by atoms with Crippen LogP contribution >= 0.6 is 0 Å². The van der Waals surface area contributed by atoms with E-state index >= 15 is 0 Å². The number of piperidine rings is 1. The number of Topliss-reactive ketones (excluding diaryl/α,β-unsaturated/α-hetero) is 1. The highest BCUT2D eigenvalue weighted by Gasteiger charge is 2.26. The van der Waals surface area contributed by atoms with E-state index in [0.717, 1.165) is 32.5 Å². The normalized spacial score (nSPS) is 18.1. The summed E-state index contributed by atoms with van der Waals surface area (Å²) in [5.74, 6) is -0.684. The van der Waals surface area contributed by atoms with Gasteiger partial charge in [-0.3, -0.25) is 14.5 Å². The second-order valence-corrected chi connectivity index (χ2v) is 7.45. The molecule has 0 aromatic heterocycles. The van der Waals surface area contributed by atoms with Crippen LogP contribution in [-0.2, 0) is 16.1 Å². The van der Waals surface area contributed by atoms with E-state index in [1.807, 2.05) is 31.1 Å². The Bertz CT molecular complexity index is 621. The van der Waals surface area contributed by atoms with Crippen molar-refractivity contribution in [2.24, 2.45) is 5.92 Å². The molecule has 0 radical (unpaired) electrons. The van der Waals surface area contributed by atoms with E-state index in [0.29, 0.717) is 31.1 Å². The summed E-state index contributed by atoms with van der Waals surface area (Å²) in [6.45, 7) is 5.53. The van der Waals surface area contributed by atoms with Gasteiger partial charge in [-0.1, -0.05) is 18.2 Å². The summed E-state index contributed by atoms with van der Waals surface area (Å²) >= 11 is 0. The Labute approximate surface area is 155 Å². The lowest BCUT2D eigenvalue weighted by Crippen LogP contribution is -2.46. The minimum atomic E-state index is -0.414. The largest absolute Gasteiger partial charge is 0.335 e. The Morgan fingerprint density at radius 2 is 1.96 bits per heavy atom. The predicted octanol–water partition coefficient (Wildman–Crippen LogP) is 2.02. The second kappa shape index (κ2) is 9.78. The van der Waals surface area contributed by atoms with Crippen LogP contribution in [0.1, 0.15) is 25.3 Å². The van der Waals surface area contributed by atoms with Gasteiger partial charge in [-0.05, 0) is 45.5 Å². The van der Waals surface area contributed by atoms with Crippen molar-refractivity contribution in [1.82, 2.24) is 14.7 Å². The van der Waals surface area contributed by atoms with Crippen molar-refractivity contribution in [3.63, 3.8) is 0 Å². The topological polar surface area (TPSA) is 43.9 Å². The van der Waals surface area contributed by atoms with Crippen LogP contribution in [0.25, 0.3) is 0 Å². The van der Waals surface area contributed by atoms with Crippen LogP contribution in [0, 0.1) is 11.7 Å². The maximum atomic E-state index is 13.9. The van der Waals surface area contributed by atoms with Gasteiger partial charge in [0.2, 0.25) is 5.78 Å². The maximum Gasteiger partial charge on any atom is 0.289 e. The SMILES string of the molecule is CC(=O)C(=O)N(CCN(C)C)CC1CCCN(Cc2ccccc2F)C1. The van der Waals surface area contributed by atoms with Gasteiger partial charge in [0.05, 0.1) is 0 Å². The summed E-state index contributed by atoms with van der Waals surface area (Å²) in [7, 11) is 3.90. The van der Waals surface area contributed by atoms with E-state index < -0.39 is 11.7 Å². The number of ketones is 1. The molecule has 1 fully saturated rings. The molecule has 1 aliphatic rings. The third-order valence-electron chi connectivity index (χ3n) is 4.84. The molecule has 0 saturated carbocycles. The first-order valence-corrected chi connectivity index (χ1v) is 9.27. The molecule has 1 amide bonds. The van der Waals surface area contributed by atoms with Gasteiger partial charge in [-0.2, -0.15) is 0 Å². The molecule has 5 nitrogen and oxygen atoms in total. The third-order valence-corrected chi connectivity index (χ3v) is 4.84. The fourth-order valence-electron chi connectivity index (χ4n) is 3.44. The number of hydrogen-bond donors (Lipinski definition) is 0. The highest BCUT2D eigenvalue weighted by molar-refractivity contribution is 6.35. The lowest BCUT2D eigenvalue weighted by molar-refractivity contribution is -0.144. The van der Waals surface area contributed by atoms with Crippen LogP contribution in [0.3, 0.4) is 0 Å². The zero-order valence-electron chi connectivity index (χ0n) is 16.1. The van der Waals surface area contributed by atoms with Crippen LogP contribution in [-0.4, -0.2) is 73.2 Å². The molecule has 0 bridgehead atoms. The molecule has 144 valence electrons. The minimum absolute atomic E-state index is 0.172. The van der Waals surface area contributed by atoms with Crippen molar-refractivity contribution in [3.8, 4) is 0 Å². The summed E-state index contributed by atoms with van der Waals surface area (Å²) in [4.78, 5) is 29.7. The van der Waals surface area contributed by atoms with E-state index in [2.05, 4.69) is 4.90 Å². The quantitative estimate of drug-likeness (QED) is 0.663. The number of carbonyl (C=O) groups excluding carboxylic acids is 2. The number of likely N-dealkylation sites (N-methyl/N-ethyl adjacent to an activating group) is 1. The fourth-order valence-corrected chi connectivity index (χ4v) is 3.44. The number of halogens is 1. The molecule has 2 rings (SSSR count). The number of carbonyl (C=O) groups is 2.